The highest BCUT2D eigenvalue weighted by atomic mass is 16.5. The molecule has 2 aliphatic rings. The lowest BCUT2D eigenvalue weighted by atomic mass is 9.87. The summed E-state index contributed by atoms with van der Waals surface area (Å²) < 4.78 is 5.63. The van der Waals surface area contributed by atoms with Gasteiger partial charge in [0, 0.05) is 25.7 Å². The molecule has 0 spiro atoms. The lowest BCUT2D eigenvalue weighted by Crippen LogP contribution is -2.50. The summed E-state index contributed by atoms with van der Waals surface area (Å²) in [6.07, 6.45) is 7.17. The molecule has 0 aromatic carbocycles. The molecule has 106 valence electrons. The van der Waals surface area contributed by atoms with E-state index in [0.29, 0.717) is 6.10 Å². The van der Waals surface area contributed by atoms with Gasteiger partial charge in [0.2, 0.25) is 0 Å². The van der Waals surface area contributed by atoms with Crippen molar-refractivity contribution < 1.29 is 4.74 Å². The molecular weight excluding hydrogens is 224 g/mol. The van der Waals surface area contributed by atoms with Crippen LogP contribution in [0, 0.1) is 5.92 Å². The largest absolute Gasteiger partial charge is 0.380 e. The maximum Gasteiger partial charge on any atom is 0.0724 e. The van der Waals surface area contributed by atoms with Crippen LogP contribution in [0.1, 0.15) is 46.0 Å². The third-order valence-corrected chi connectivity index (χ3v) is 4.93. The molecule has 0 aromatic heterocycles. The molecule has 3 nitrogen and oxygen atoms in total. The standard InChI is InChI=1S/C15H30N2O/c1-4-16-13-5-7-14(8-6-13)17-10-9-12(2)15(11-17)18-3/h12-16H,4-11H2,1-3H3. The number of nitrogens with zero attached hydrogens (tertiary/aromatic N) is 1. The lowest BCUT2D eigenvalue weighted by molar-refractivity contribution is -0.0252. The van der Waals surface area contributed by atoms with Crippen LogP contribution in [-0.4, -0.2) is 49.8 Å². The molecule has 1 saturated heterocycles. The first kappa shape index (κ1) is 14.3. The number of rotatable bonds is 4. The third-order valence-electron chi connectivity index (χ3n) is 4.93. The smallest absolute Gasteiger partial charge is 0.0724 e. The van der Waals surface area contributed by atoms with Gasteiger partial charge in [-0.3, -0.25) is 4.90 Å². The molecule has 18 heavy (non-hydrogen) atoms. The van der Waals surface area contributed by atoms with Crippen molar-refractivity contribution in [3.05, 3.63) is 0 Å². The Hall–Kier alpha value is -0.120. The Bertz CT molecular complexity index is 239. The van der Waals surface area contributed by atoms with Crippen molar-refractivity contribution in [1.29, 1.82) is 0 Å². The Kier molecular flexibility index (Phi) is 5.46. The van der Waals surface area contributed by atoms with E-state index in [-0.39, 0.29) is 0 Å². The van der Waals surface area contributed by atoms with Gasteiger partial charge in [0.15, 0.2) is 0 Å². The van der Waals surface area contributed by atoms with Crippen LogP contribution >= 0.6 is 0 Å². The van der Waals surface area contributed by atoms with E-state index in [0.717, 1.165) is 31.1 Å². The van der Waals surface area contributed by atoms with E-state index in [2.05, 4.69) is 24.1 Å². The average Bonchev–Trinajstić information content (AvgIpc) is 2.41. The van der Waals surface area contributed by atoms with E-state index in [1.165, 1.54) is 38.6 Å². The number of piperidine rings is 1. The van der Waals surface area contributed by atoms with E-state index >= 15 is 0 Å². The first-order valence-electron chi connectivity index (χ1n) is 7.74. The predicted octanol–water partition coefficient (Wildman–Crippen LogP) is 2.26. The maximum absolute atomic E-state index is 5.63. The maximum atomic E-state index is 5.63. The summed E-state index contributed by atoms with van der Waals surface area (Å²) in [6, 6.07) is 1.58. The van der Waals surface area contributed by atoms with Crippen LogP contribution in [-0.2, 0) is 4.74 Å². The fourth-order valence-electron chi connectivity index (χ4n) is 3.63. The average molecular weight is 254 g/mol. The molecular formula is C15H30N2O. The molecule has 2 fully saturated rings. The molecule has 0 radical (unpaired) electrons. The van der Waals surface area contributed by atoms with E-state index in [1.807, 2.05) is 7.11 Å². The second-order valence-electron chi connectivity index (χ2n) is 6.10. The van der Waals surface area contributed by atoms with Gasteiger partial charge in [0.25, 0.3) is 0 Å². The molecule has 1 N–H and O–H groups in total. The number of hydrogen-bond donors (Lipinski definition) is 1. The Morgan fingerprint density at radius 2 is 1.89 bits per heavy atom. The van der Waals surface area contributed by atoms with E-state index in [1.54, 1.807) is 0 Å². The van der Waals surface area contributed by atoms with Crippen LogP contribution < -0.4 is 5.32 Å². The number of likely N-dealkylation sites (tertiary alicyclic amines) is 1. The van der Waals surface area contributed by atoms with E-state index in [9.17, 15) is 0 Å². The topological polar surface area (TPSA) is 24.5 Å². The molecule has 1 aliphatic heterocycles. The second kappa shape index (κ2) is 6.88. The normalized spacial score (nSPS) is 38.8. The molecule has 1 aliphatic carbocycles. The highest BCUT2D eigenvalue weighted by Gasteiger charge is 2.32. The molecule has 0 amide bonds. The molecule has 2 atom stereocenters. The number of methoxy groups -OCH3 is 1. The zero-order valence-electron chi connectivity index (χ0n) is 12.3. The van der Waals surface area contributed by atoms with Crippen molar-refractivity contribution in [3.8, 4) is 0 Å². The summed E-state index contributed by atoms with van der Waals surface area (Å²) in [5, 5.41) is 3.59. The Morgan fingerprint density at radius 3 is 2.50 bits per heavy atom. The summed E-state index contributed by atoms with van der Waals surface area (Å²) in [5.41, 5.74) is 0. The van der Waals surface area contributed by atoms with Crippen LogP contribution in [0.2, 0.25) is 0 Å². The summed E-state index contributed by atoms with van der Waals surface area (Å²) in [7, 11) is 1.87. The van der Waals surface area contributed by atoms with Crippen LogP contribution in [0.15, 0.2) is 0 Å². The number of ether oxygens (including phenoxy) is 1. The molecule has 1 saturated carbocycles. The molecule has 0 aromatic rings. The monoisotopic (exact) mass is 254 g/mol. The van der Waals surface area contributed by atoms with Gasteiger partial charge in [-0.2, -0.15) is 0 Å². The summed E-state index contributed by atoms with van der Waals surface area (Å²) in [5.74, 6) is 0.726. The SMILES string of the molecule is CCNC1CCC(N2CCC(C)C(OC)C2)CC1. The summed E-state index contributed by atoms with van der Waals surface area (Å²) in [6.45, 7) is 8.07. The van der Waals surface area contributed by atoms with Crippen LogP contribution in [0.5, 0.6) is 0 Å². The Labute approximate surface area is 112 Å². The van der Waals surface area contributed by atoms with Crippen molar-refractivity contribution in [1.82, 2.24) is 10.2 Å². The van der Waals surface area contributed by atoms with Crippen molar-refractivity contribution in [3.63, 3.8) is 0 Å². The van der Waals surface area contributed by atoms with Crippen molar-refractivity contribution in [2.75, 3.05) is 26.7 Å². The van der Waals surface area contributed by atoms with Gasteiger partial charge in [-0.25, -0.2) is 0 Å². The second-order valence-corrected chi connectivity index (χ2v) is 6.10. The van der Waals surface area contributed by atoms with Gasteiger partial charge in [0.1, 0.15) is 0 Å². The minimum Gasteiger partial charge on any atom is -0.380 e. The Morgan fingerprint density at radius 1 is 1.17 bits per heavy atom. The van der Waals surface area contributed by atoms with Gasteiger partial charge in [-0.15, -0.1) is 0 Å². The summed E-state index contributed by atoms with van der Waals surface area (Å²) >= 11 is 0. The lowest BCUT2D eigenvalue weighted by Gasteiger charge is -2.43. The summed E-state index contributed by atoms with van der Waals surface area (Å²) in [4.78, 5) is 2.69. The zero-order chi connectivity index (χ0) is 13.0. The van der Waals surface area contributed by atoms with Crippen LogP contribution in [0.4, 0.5) is 0 Å². The molecule has 0 bridgehead atoms. The molecule has 3 heteroatoms. The minimum atomic E-state index is 0.449. The first-order chi connectivity index (χ1) is 8.74. The molecule has 1 heterocycles. The first-order valence-corrected chi connectivity index (χ1v) is 7.74. The van der Waals surface area contributed by atoms with Gasteiger partial charge >= 0.3 is 0 Å². The zero-order valence-corrected chi connectivity index (χ0v) is 12.3. The van der Waals surface area contributed by atoms with E-state index in [4.69, 9.17) is 4.74 Å². The highest BCUT2D eigenvalue weighted by Crippen LogP contribution is 2.28. The predicted molar refractivity (Wildman–Crippen MR) is 75.9 cm³/mol. The fraction of sp³-hybridized carbons (Fsp3) is 1.00. The Balaban J connectivity index is 1.79. The van der Waals surface area contributed by atoms with Crippen LogP contribution in [0.3, 0.4) is 0 Å². The van der Waals surface area contributed by atoms with Crippen molar-refractivity contribution in [2.45, 2.75) is 64.1 Å². The van der Waals surface area contributed by atoms with Gasteiger partial charge in [-0.05, 0) is 51.1 Å². The minimum absolute atomic E-state index is 0.449. The quantitative estimate of drug-likeness (QED) is 0.833. The molecule has 2 unspecified atom stereocenters. The molecule has 2 rings (SSSR count). The highest BCUT2D eigenvalue weighted by molar-refractivity contribution is 4.87. The van der Waals surface area contributed by atoms with Gasteiger partial charge < -0.3 is 10.1 Å². The van der Waals surface area contributed by atoms with Crippen LogP contribution in [0.25, 0.3) is 0 Å². The van der Waals surface area contributed by atoms with Gasteiger partial charge in [0.05, 0.1) is 6.10 Å². The fourth-order valence-corrected chi connectivity index (χ4v) is 3.63. The van der Waals surface area contributed by atoms with Gasteiger partial charge in [-0.1, -0.05) is 13.8 Å². The third kappa shape index (κ3) is 3.46. The number of hydrogen-bond acceptors (Lipinski definition) is 3. The van der Waals surface area contributed by atoms with Crippen molar-refractivity contribution in [2.24, 2.45) is 5.92 Å². The number of nitrogens with one attached hydrogen (secondary N) is 1. The van der Waals surface area contributed by atoms with E-state index < -0.39 is 0 Å². The van der Waals surface area contributed by atoms with Crippen molar-refractivity contribution >= 4 is 0 Å².